The number of halogens is 4. The molecule has 2 nitrogen and oxygen atoms in total. The predicted molar refractivity (Wildman–Crippen MR) is 79.9 cm³/mol. The van der Waals surface area contributed by atoms with Gasteiger partial charge in [0.2, 0.25) is 0 Å². The van der Waals surface area contributed by atoms with Crippen molar-refractivity contribution in [3.63, 3.8) is 0 Å². The van der Waals surface area contributed by atoms with E-state index in [1.165, 1.54) is 6.07 Å². The van der Waals surface area contributed by atoms with Crippen molar-refractivity contribution in [2.75, 3.05) is 18.5 Å². The quantitative estimate of drug-likeness (QED) is 0.879. The average molecular weight is 321 g/mol. The van der Waals surface area contributed by atoms with E-state index in [2.05, 4.69) is 24.1 Å². The van der Waals surface area contributed by atoms with Crippen molar-refractivity contribution in [1.29, 1.82) is 0 Å². The summed E-state index contributed by atoms with van der Waals surface area (Å²) in [5.74, 6) is 0.391. The van der Waals surface area contributed by atoms with E-state index < -0.39 is 11.7 Å². The Balaban J connectivity index is 2.27. The normalized spacial score (nSPS) is 27.0. The molecule has 2 rings (SSSR count). The van der Waals surface area contributed by atoms with Gasteiger partial charge in [-0.1, -0.05) is 18.5 Å². The summed E-state index contributed by atoms with van der Waals surface area (Å²) in [6, 6.07) is 4.23. The maximum atomic E-state index is 12.7. The number of piperidine rings is 1. The maximum Gasteiger partial charge on any atom is 0.416 e. The number of nitrogens with one attached hydrogen (secondary N) is 1. The topological polar surface area (TPSA) is 15.3 Å². The number of hydrogen-bond donors (Lipinski definition) is 1. The smallest absolute Gasteiger partial charge is 0.367 e. The lowest BCUT2D eigenvalue weighted by molar-refractivity contribution is -0.137. The Morgan fingerprint density at radius 3 is 2.48 bits per heavy atom. The molecule has 1 fully saturated rings. The van der Waals surface area contributed by atoms with E-state index in [1.807, 2.05) is 7.05 Å². The molecule has 0 aromatic heterocycles. The molecule has 118 valence electrons. The van der Waals surface area contributed by atoms with Crippen molar-refractivity contribution in [3.05, 3.63) is 28.8 Å². The van der Waals surface area contributed by atoms with Crippen LogP contribution in [-0.4, -0.2) is 25.7 Å². The van der Waals surface area contributed by atoms with Crippen LogP contribution in [0, 0.1) is 5.92 Å². The Hall–Kier alpha value is -0.940. The lowest BCUT2D eigenvalue weighted by Crippen LogP contribution is -2.52. The van der Waals surface area contributed by atoms with Gasteiger partial charge in [-0.3, -0.25) is 0 Å². The molecule has 0 radical (unpaired) electrons. The van der Waals surface area contributed by atoms with Crippen molar-refractivity contribution in [1.82, 2.24) is 5.32 Å². The second-order valence-electron chi connectivity index (χ2n) is 5.64. The van der Waals surface area contributed by atoms with E-state index in [0.29, 0.717) is 17.6 Å². The van der Waals surface area contributed by atoms with Gasteiger partial charge in [-0.05, 0) is 44.5 Å². The van der Waals surface area contributed by atoms with Crippen LogP contribution in [0.3, 0.4) is 0 Å². The van der Waals surface area contributed by atoms with Crippen LogP contribution in [0.4, 0.5) is 18.9 Å². The van der Waals surface area contributed by atoms with E-state index in [-0.39, 0.29) is 11.1 Å². The summed E-state index contributed by atoms with van der Waals surface area (Å²) in [7, 11) is 1.94. The second-order valence-corrected chi connectivity index (χ2v) is 6.05. The van der Waals surface area contributed by atoms with Gasteiger partial charge in [-0.2, -0.15) is 13.2 Å². The lowest BCUT2D eigenvalue weighted by atomic mass is 9.86. The lowest BCUT2D eigenvalue weighted by Gasteiger charge is -2.44. The molecule has 1 saturated heterocycles. The molecule has 6 heteroatoms. The highest BCUT2D eigenvalue weighted by Crippen LogP contribution is 2.37. The third kappa shape index (κ3) is 3.29. The summed E-state index contributed by atoms with van der Waals surface area (Å²) >= 11 is 6.09. The first-order valence-electron chi connectivity index (χ1n) is 7.06. The molecule has 0 spiro atoms. The van der Waals surface area contributed by atoms with Gasteiger partial charge >= 0.3 is 6.18 Å². The molecule has 0 bridgehead atoms. The van der Waals surface area contributed by atoms with Gasteiger partial charge in [-0.15, -0.1) is 0 Å². The van der Waals surface area contributed by atoms with Gasteiger partial charge in [0, 0.05) is 18.6 Å². The van der Waals surface area contributed by atoms with Gasteiger partial charge < -0.3 is 10.2 Å². The molecule has 21 heavy (non-hydrogen) atoms. The molecule has 3 atom stereocenters. The Morgan fingerprint density at radius 2 is 1.95 bits per heavy atom. The summed E-state index contributed by atoms with van der Waals surface area (Å²) in [4.78, 5) is 2.10. The van der Waals surface area contributed by atoms with Crippen LogP contribution >= 0.6 is 11.6 Å². The first-order chi connectivity index (χ1) is 9.75. The van der Waals surface area contributed by atoms with Crippen LogP contribution in [0.25, 0.3) is 0 Å². The molecule has 1 aromatic carbocycles. The number of alkyl halides is 3. The van der Waals surface area contributed by atoms with Gasteiger partial charge in [-0.25, -0.2) is 0 Å². The Labute approximate surface area is 128 Å². The van der Waals surface area contributed by atoms with Crippen molar-refractivity contribution >= 4 is 17.3 Å². The molecule has 0 amide bonds. The van der Waals surface area contributed by atoms with Gasteiger partial charge in [0.15, 0.2) is 0 Å². The van der Waals surface area contributed by atoms with E-state index in [9.17, 15) is 13.2 Å². The van der Waals surface area contributed by atoms with Crippen LogP contribution in [0.15, 0.2) is 18.2 Å². The van der Waals surface area contributed by atoms with E-state index >= 15 is 0 Å². The van der Waals surface area contributed by atoms with E-state index in [0.717, 1.165) is 25.1 Å². The SMILES string of the molecule is CNC1CCN(c2ccc(C(F)(F)F)cc2Cl)C(C)C1C. The standard InChI is InChI=1S/C15H20ClF3N2/c1-9-10(2)21(7-6-13(9)20-3)14-5-4-11(8-12(14)16)15(17,18)19/h4-5,8-10,13,20H,6-7H2,1-3H3. The zero-order valence-corrected chi connectivity index (χ0v) is 13.1. The summed E-state index contributed by atoms with van der Waals surface area (Å²) in [6.07, 6.45) is -3.42. The highest BCUT2D eigenvalue weighted by atomic mass is 35.5. The van der Waals surface area contributed by atoms with E-state index in [1.54, 1.807) is 0 Å². The number of benzene rings is 1. The van der Waals surface area contributed by atoms with Crippen LogP contribution in [-0.2, 0) is 6.18 Å². The monoisotopic (exact) mass is 320 g/mol. The van der Waals surface area contributed by atoms with Crippen LogP contribution in [0.1, 0.15) is 25.8 Å². The molecule has 1 aliphatic heterocycles. The average Bonchev–Trinajstić information content (AvgIpc) is 2.41. The number of hydrogen-bond acceptors (Lipinski definition) is 2. The maximum absolute atomic E-state index is 12.7. The van der Waals surface area contributed by atoms with Crippen molar-refractivity contribution in [2.24, 2.45) is 5.92 Å². The highest BCUT2D eigenvalue weighted by Gasteiger charge is 2.34. The van der Waals surface area contributed by atoms with Crippen molar-refractivity contribution < 1.29 is 13.2 Å². The highest BCUT2D eigenvalue weighted by molar-refractivity contribution is 6.33. The fourth-order valence-corrected chi connectivity index (χ4v) is 3.32. The van der Waals surface area contributed by atoms with Gasteiger partial charge in [0.25, 0.3) is 0 Å². The van der Waals surface area contributed by atoms with Crippen LogP contribution in [0.2, 0.25) is 5.02 Å². The number of nitrogens with zero attached hydrogens (tertiary/aromatic N) is 1. The van der Waals surface area contributed by atoms with E-state index in [4.69, 9.17) is 11.6 Å². The largest absolute Gasteiger partial charge is 0.416 e. The van der Waals surface area contributed by atoms with Gasteiger partial charge in [0.1, 0.15) is 0 Å². The van der Waals surface area contributed by atoms with Crippen LogP contribution < -0.4 is 10.2 Å². The minimum absolute atomic E-state index is 0.159. The zero-order valence-electron chi connectivity index (χ0n) is 12.3. The second kappa shape index (κ2) is 6.05. The number of rotatable bonds is 2. The third-order valence-corrected chi connectivity index (χ3v) is 4.83. The van der Waals surface area contributed by atoms with Crippen molar-refractivity contribution in [3.8, 4) is 0 Å². The molecule has 3 unspecified atom stereocenters. The molecule has 1 aromatic rings. The molecule has 1 N–H and O–H groups in total. The number of anilines is 1. The minimum atomic E-state index is -4.36. The molecular weight excluding hydrogens is 301 g/mol. The predicted octanol–water partition coefficient (Wildman–Crippen LogP) is 4.18. The third-order valence-electron chi connectivity index (χ3n) is 4.52. The Kier molecular flexibility index (Phi) is 4.73. The molecular formula is C15H20ClF3N2. The minimum Gasteiger partial charge on any atom is -0.367 e. The fraction of sp³-hybridized carbons (Fsp3) is 0.600. The molecule has 0 aliphatic carbocycles. The molecule has 1 heterocycles. The summed E-state index contributed by atoms with van der Waals surface area (Å²) < 4.78 is 38.1. The Bertz CT molecular complexity index is 504. The van der Waals surface area contributed by atoms with Crippen LogP contribution in [0.5, 0.6) is 0 Å². The first-order valence-corrected chi connectivity index (χ1v) is 7.44. The van der Waals surface area contributed by atoms with Crippen molar-refractivity contribution in [2.45, 2.75) is 38.5 Å². The molecule has 0 saturated carbocycles. The first kappa shape index (κ1) is 16.4. The Morgan fingerprint density at radius 1 is 1.29 bits per heavy atom. The summed E-state index contributed by atoms with van der Waals surface area (Å²) in [5, 5.41) is 3.45. The fourth-order valence-electron chi connectivity index (χ4n) is 3.03. The summed E-state index contributed by atoms with van der Waals surface area (Å²) in [5.41, 5.74) is -0.0272. The summed E-state index contributed by atoms with van der Waals surface area (Å²) in [6.45, 7) is 5.01. The van der Waals surface area contributed by atoms with Gasteiger partial charge in [0.05, 0.1) is 16.3 Å². The molecule has 1 aliphatic rings. The zero-order chi connectivity index (χ0) is 15.8.